The lowest BCUT2D eigenvalue weighted by atomic mass is 9.72. The van der Waals surface area contributed by atoms with Crippen LogP contribution in [-0.2, 0) is 12.8 Å². The SMILES string of the molecule is Cc1sc(-n2c(C)cc(C=Nc3sc4c(c3C(=O)Nc3ccc(Cl)cc3)CC[C@@H](C(C)(C)C)C4)c2C)c(C#N)c1C. The highest BCUT2D eigenvalue weighted by Crippen LogP contribution is 2.45. The van der Waals surface area contributed by atoms with E-state index in [0.29, 0.717) is 22.2 Å². The number of nitriles is 1. The zero-order chi connectivity index (χ0) is 29.6. The van der Waals surface area contributed by atoms with Gasteiger partial charge in [0.25, 0.3) is 5.91 Å². The second-order valence-electron chi connectivity index (χ2n) is 11.9. The van der Waals surface area contributed by atoms with Crippen LogP contribution in [0.25, 0.3) is 5.00 Å². The second-order valence-corrected chi connectivity index (χ2v) is 14.7. The molecule has 1 amide bonds. The molecule has 1 atom stereocenters. The van der Waals surface area contributed by atoms with Crippen LogP contribution in [0.5, 0.6) is 0 Å². The van der Waals surface area contributed by atoms with Crippen LogP contribution in [0.4, 0.5) is 10.7 Å². The molecule has 5 nitrogen and oxygen atoms in total. The predicted molar refractivity (Wildman–Crippen MR) is 173 cm³/mol. The van der Waals surface area contributed by atoms with Crippen molar-refractivity contribution in [2.24, 2.45) is 16.3 Å². The van der Waals surface area contributed by atoms with Crippen LogP contribution < -0.4 is 5.32 Å². The Kier molecular flexibility index (Phi) is 8.04. The molecule has 0 unspecified atom stereocenters. The number of thiophene rings is 2. The van der Waals surface area contributed by atoms with Crippen LogP contribution in [0.15, 0.2) is 35.3 Å². The average molecular weight is 603 g/mol. The number of nitrogens with one attached hydrogen (secondary N) is 1. The molecule has 1 aliphatic rings. The third-order valence-electron chi connectivity index (χ3n) is 8.27. The van der Waals surface area contributed by atoms with E-state index >= 15 is 0 Å². The molecule has 212 valence electrons. The summed E-state index contributed by atoms with van der Waals surface area (Å²) in [6.07, 6.45) is 4.76. The first-order valence-corrected chi connectivity index (χ1v) is 15.8. The largest absolute Gasteiger partial charge is 0.322 e. The number of carbonyl (C=O) groups excluding carboxylic acids is 1. The fraction of sp³-hybridized carbons (Fsp3) is 0.364. The standard InChI is InChI=1S/C33H35ClN4OS2/c1-18-14-22(20(3)38(18)32-27(16-35)19(2)21(4)40-32)17-36-31-29(30(39)37-25-11-9-24(34)10-12-25)26-13-8-23(33(5,6)7)15-28(26)41-31/h9-12,14,17,23H,8,13,15H2,1-7H3,(H,37,39)/t23-/m1/s1. The van der Waals surface area contributed by atoms with Crippen LogP contribution in [0, 0.1) is 50.4 Å². The van der Waals surface area contributed by atoms with Gasteiger partial charge < -0.3 is 9.88 Å². The number of carbonyl (C=O) groups is 1. The number of amides is 1. The van der Waals surface area contributed by atoms with Crippen molar-refractivity contribution < 1.29 is 4.79 Å². The van der Waals surface area contributed by atoms with Crippen LogP contribution >= 0.6 is 34.3 Å². The van der Waals surface area contributed by atoms with E-state index in [1.807, 2.05) is 25.3 Å². The maximum absolute atomic E-state index is 13.7. The molecule has 0 radical (unpaired) electrons. The lowest BCUT2D eigenvalue weighted by Crippen LogP contribution is -2.27. The first-order valence-electron chi connectivity index (χ1n) is 13.8. The van der Waals surface area contributed by atoms with Crippen molar-refractivity contribution in [2.45, 2.75) is 67.7 Å². The van der Waals surface area contributed by atoms with Gasteiger partial charge in [0.1, 0.15) is 16.1 Å². The van der Waals surface area contributed by atoms with E-state index in [1.54, 1.807) is 34.8 Å². The molecule has 41 heavy (non-hydrogen) atoms. The highest BCUT2D eigenvalue weighted by atomic mass is 35.5. The van der Waals surface area contributed by atoms with Gasteiger partial charge in [0.05, 0.1) is 11.1 Å². The summed E-state index contributed by atoms with van der Waals surface area (Å²) >= 11 is 9.34. The minimum absolute atomic E-state index is 0.139. The number of anilines is 1. The van der Waals surface area contributed by atoms with Crippen molar-refractivity contribution >= 4 is 57.1 Å². The first kappa shape index (κ1) is 29.3. The molecule has 1 N–H and O–H groups in total. The van der Waals surface area contributed by atoms with Crippen LogP contribution in [0.3, 0.4) is 0 Å². The summed E-state index contributed by atoms with van der Waals surface area (Å²) in [7, 11) is 0. The summed E-state index contributed by atoms with van der Waals surface area (Å²) in [6, 6.07) is 11.7. The number of nitrogens with zero attached hydrogens (tertiary/aromatic N) is 3. The Bertz CT molecular complexity index is 1710. The zero-order valence-electron chi connectivity index (χ0n) is 24.6. The van der Waals surface area contributed by atoms with E-state index in [9.17, 15) is 10.1 Å². The number of hydrogen-bond donors (Lipinski definition) is 1. The van der Waals surface area contributed by atoms with E-state index in [1.165, 1.54) is 4.88 Å². The molecule has 1 aliphatic carbocycles. The molecule has 0 saturated carbocycles. The molecule has 0 saturated heterocycles. The number of hydrogen-bond acceptors (Lipinski definition) is 5. The summed E-state index contributed by atoms with van der Waals surface area (Å²) < 4.78 is 2.14. The minimum atomic E-state index is -0.139. The highest BCUT2D eigenvalue weighted by Gasteiger charge is 2.33. The first-order chi connectivity index (χ1) is 19.4. The van der Waals surface area contributed by atoms with Gasteiger partial charge in [-0.15, -0.1) is 22.7 Å². The Balaban J connectivity index is 1.54. The van der Waals surface area contributed by atoms with E-state index in [0.717, 1.165) is 67.8 Å². The van der Waals surface area contributed by atoms with Crippen LogP contribution in [0.1, 0.15) is 80.9 Å². The molecule has 0 bridgehead atoms. The molecule has 4 aromatic rings. The fourth-order valence-corrected chi connectivity index (χ4v) is 8.23. The van der Waals surface area contributed by atoms with Gasteiger partial charge >= 0.3 is 0 Å². The second kappa shape index (κ2) is 11.2. The van der Waals surface area contributed by atoms with Crippen molar-refractivity contribution in [2.75, 3.05) is 5.32 Å². The normalized spacial score (nSPS) is 15.2. The van der Waals surface area contributed by atoms with Gasteiger partial charge in [-0.1, -0.05) is 32.4 Å². The number of aryl methyl sites for hydroxylation is 2. The molecule has 1 aromatic carbocycles. The summed E-state index contributed by atoms with van der Waals surface area (Å²) in [6.45, 7) is 15.1. The fourth-order valence-electron chi connectivity index (χ4n) is 5.62. The molecular formula is C33H35ClN4OS2. The smallest absolute Gasteiger partial charge is 0.259 e. The molecule has 0 spiro atoms. The van der Waals surface area contributed by atoms with Gasteiger partial charge in [-0.3, -0.25) is 4.79 Å². The number of aromatic nitrogens is 1. The van der Waals surface area contributed by atoms with Gasteiger partial charge in [0.2, 0.25) is 0 Å². The minimum Gasteiger partial charge on any atom is -0.322 e. The number of halogens is 1. The topological polar surface area (TPSA) is 70.2 Å². The Morgan fingerprint density at radius 1 is 1.17 bits per heavy atom. The Hall–Kier alpha value is -3.18. The van der Waals surface area contributed by atoms with E-state index in [4.69, 9.17) is 16.6 Å². The summed E-state index contributed by atoms with van der Waals surface area (Å²) in [5.74, 6) is 0.420. The molecule has 0 aliphatic heterocycles. The van der Waals surface area contributed by atoms with Gasteiger partial charge in [0, 0.05) is 43.6 Å². The van der Waals surface area contributed by atoms with Gasteiger partial charge in [-0.05, 0) is 99.7 Å². The summed E-state index contributed by atoms with van der Waals surface area (Å²) in [5, 5.41) is 15.2. The van der Waals surface area contributed by atoms with E-state index in [-0.39, 0.29) is 11.3 Å². The molecule has 3 heterocycles. The number of benzene rings is 1. The Morgan fingerprint density at radius 2 is 1.88 bits per heavy atom. The van der Waals surface area contributed by atoms with Crippen LogP contribution in [-0.4, -0.2) is 16.7 Å². The van der Waals surface area contributed by atoms with Crippen molar-refractivity contribution in [3.8, 4) is 11.1 Å². The molecular weight excluding hydrogens is 568 g/mol. The lowest BCUT2D eigenvalue weighted by molar-refractivity contribution is 0.102. The average Bonchev–Trinajstić information content (AvgIpc) is 3.52. The quantitative estimate of drug-likeness (QED) is 0.231. The Labute approximate surface area is 255 Å². The lowest BCUT2D eigenvalue weighted by Gasteiger charge is -2.33. The van der Waals surface area contributed by atoms with Crippen molar-refractivity contribution in [3.63, 3.8) is 0 Å². The van der Waals surface area contributed by atoms with Gasteiger partial charge in [-0.25, -0.2) is 4.99 Å². The monoisotopic (exact) mass is 602 g/mol. The molecule has 0 fully saturated rings. The predicted octanol–water partition coefficient (Wildman–Crippen LogP) is 9.51. The number of fused-ring (bicyclic) bond motifs is 1. The maximum atomic E-state index is 13.7. The van der Waals surface area contributed by atoms with Crippen molar-refractivity contribution in [3.05, 3.63) is 84.3 Å². The molecule has 3 aromatic heterocycles. The van der Waals surface area contributed by atoms with Gasteiger partial charge in [-0.2, -0.15) is 5.26 Å². The maximum Gasteiger partial charge on any atom is 0.259 e. The number of rotatable bonds is 5. The zero-order valence-corrected chi connectivity index (χ0v) is 27.0. The van der Waals surface area contributed by atoms with Gasteiger partial charge in [0.15, 0.2) is 0 Å². The van der Waals surface area contributed by atoms with Crippen molar-refractivity contribution in [1.29, 1.82) is 5.26 Å². The van der Waals surface area contributed by atoms with E-state index in [2.05, 4.69) is 63.6 Å². The summed E-state index contributed by atoms with van der Waals surface area (Å²) in [4.78, 5) is 21.1. The molecule has 8 heteroatoms. The highest BCUT2D eigenvalue weighted by molar-refractivity contribution is 7.16. The van der Waals surface area contributed by atoms with E-state index < -0.39 is 0 Å². The van der Waals surface area contributed by atoms with Crippen LogP contribution in [0.2, 0.25) is 5.02 Å². The Morgan fingerprint density at radius 3 is 2.54 bits per heavy atom. The van der Waals surface area contributed by atoms with Crippen molar-refractivity contribution in [1.82, 2.24) is 4.57 Å². The third-order valence-corrected chi connectivity index (χ3v) is 10.9. The summed E-state index contributed by atoms with van der Waals surface area (Å²) in [5.41, 5.74) is 7.49. The molecule has 5 rings (SSSR count). The number of aliphatic imine (C=N–C) groups is 1. The third kappa shape index (κ3) is 5.66.